The second-order valence-corrected chi connectivity index (χ2v) is 7.20. The van der Waals surface area contributed by atoms with Gasteiger partial charge in [0.1, 0.15) is 0 Å². The Balaban J connectivity index is 1.63. The van der Waals surface area contributed by atoms with E-state index in [1.54, 1.807) is 30.6 Å². The number of amides is 1. The summed E-state index contributed by atoms with van der Waals surface area (Å²) in [5, 5.41) is 12.3. The molecule has 0 aliphatic carbocycles. The van der Waals surface area contributed by atoms with Crippen LogP contribution < -0.4 is 5.32 Å². The molecule has 6 nitrogen and oxygen atoms in total. The van der Waals surface area contributed by atoms with Crippen molar-refractivity contribution in [1.29, 1.82) is 0 Å². The third kappa shape index (κ3) is 4.07. The summed E-state index contributed by atoms with van der Waals surface area (Å²) in [6.07, 6.45) is 1.60. The number of fused-ring (bicyclic) bond motifs is 1. The first-order valence-corrected chi connectivity index (χ1v) is 9.62. The molecule has 0 radical (unpaired) electrons. The van der Waals surface area contributed by atoms with Gasteiger partial charge in [-0.2, -0.15) is 0 Å². The van der Waals surface area contributed by atoms with Crippen LogP contribution in [-0.4, -0.2) is 26.5 Å². The number of aromatic nitrogens is 2. The molecule has 0 spiro atoms. The van der Waals surface area contributed by atoms with Crippen LogP contribution in [0.2, 0.25) is 0 Å². The predicted octanol–water partition coefficient (Wildman–Crippen LogP) is 4.66. The molecule has 0 aliphatic heterocycles. The lowest BCUT2D eigenvalue weighted by Gasteiger charge is -2.18. The van der Waals surface area contributed by atoms with Gasteiger partial charge < -0.3 is 15.0 Å². The molecule has 150 valence electrons. The minimum absolute atomic E-state index is 0.0542. The molecule has 1 amide bonds. The lowest BCUT2D eigenvalue weighted by molar-refractivity contribution is -0.137. The number of carboxylic acid groups (broad SMARTS) is 1. The highest BCUT2D eigenvalue weighted by Crippen LogP contribution is 2.28. The topological polar surface area (TPSA) is 84.2 Å². The minimum atomic E-state index is -0.882. The average Bonchev–Trinajstić information content (AvgIpc) is 3.16. The monoisotopic (exact) mass is 399 g/mol. The highest BCUT2D eigenvalue weighted by molar-refractivity contribution is 6.05. The molecule has 0 aliphatic rings. The molecular weight excluding hydrogens is 378 g/mol. The molecule has 1 unspecified atom stereocenters. The highest BCUT2D eigenvalue weighted by Gasteiger charge is 2.20. The van der Waals surface area contributed by atoms with Gasteiger partial charge in [-0.1, -0.05) is 48.0 Å². The van der Waals surface area contributed by atoms with E-state index in [2.05, 4.69) is 10.3 Å². The average molecular weight is 399 g/mol. The molecule has 4 rings (SSSR count). The molecule has 0 bridgehead atoms. The largest absolute Gasteiger partial charge is 0.481 e. The van der Waals surface area contributed by atoms with E-state index in [0.717, 1.165) is 16.6 Å². The van der Waals surface area contributed by atoms with Crippen LogP contribution in [0.1, 0.15) is 33.9 Å². The van der Waals surface area contributed by atoms with Gasteiger partial charge in [0.25, 0.3) is 5.91 Å². The van der Waals surface area contributed by atoms with Gasteiger partial charge in [0.2, 0.25) is 0 Å². The molecule has 0 saturated carbocycles. The second kappa shape index (κ2) is 8.21. The van der Waals surface area contributed by atoms with E-state index >= 15 is 0 Å². The summed E-state index contributed by atoms with van der Waals surface area (Å²) in [4.78, 5) is 28.4. The Morgan fingerprint density at radius 1 is 1.03 bits per heavy atom. The van der Waals surface area contributed by atoms with E-state index in [0.29, 0.717) is 16.8 Å². The molecule has 4 aromatic rings. The zero-order chi connectivity index (χ0) is 21.1. The van der Waals surface area contributed by atoms with Crippen molar-refractivity contribution in [3.05, 3.63) is 95.8 Å². The van der Waals surface area contributed by atoms with Crippen LogP contribution in [0, 0.1) is 6.92 Å². The molecule has 1 aromatic heterocycles. The number of hydrogen-bond acceptors (Lipinski definition) is 3. The van der Waals surface area contributed by atoms with Crippen LogP contribution in [-0.2, 0) is 4.79 Å². The van der Waals surface area contributed by atoms with Gasteiger partial charge in [-0.25, -0.2) is 4.98 Å². The molecular formula is C24H21N3O3. The van der Waals surface area contributed by atoms with Crippen LogP contribution in [0.25, 0.3) is 11.0 Å². The van der Waals surface area contributed by atoms with E-state index in [9.17, 15) is 14.7 Å². The third-order valence-corrected chi connectivity index (χ3v) is 5.03. The molecule has 3 aromatic carbocycles. The molecule has 2 N–H and O–H groups in total. The first-order valence-electron chi connectivity index (χ1n) is 9.62. The van der Waals surface area contributed by atoms with Crippen LogP contribution >= 0.6 is 0 Å². The third-order valence-electron chi connectivity index (χ3n) is 5.03. The van der Waals surface area contributed by atoms with Gasteiger partial charge in [-0.05, 0) is 42.8 Å². The van der Waals surface area contributed by atoms with Gasteiger partial charge in [-0.15, -0.1) is 0 Å². The molecule has 1 heterocycles. The maximum Gasteiger partial charge on any atom is 0.305 e. The summed E-state index contributed by atoms with van der Waals surface area (Å²) in [5.41, 5.74) is 4.69. The summed E-state index contributed by atoms with van der Waals surface area (Å²) in [5.74, 6) is -1.07. The quantitative estimate of drug-likeness (QED) is 0.494. The van der Waals surface area contributed by atoms with Crippen LogP contribution in [0.3, 0.4) is 0 Å². The van der Waals surface area contributed by atoms with E-state index in [1.165, 1.54) is 0 Å². The number of benzene rings is 3. The Kier molecular flexibility index (Phi) is 5.30. The van der Waals surface area contributed by atoms with Crippen molar-refractivity contribution in [3.63, 3.8) is 0 Å². The second-order valence-electron chi connectivity index (χ2n) is 7.20. The maximum absolute atomic E-state index is 12.5. The van der Waals surface area contributed by atoms with Crippen LogP contribution in [0.4, 0.5) is 5.69 Å². The summed E-state index contributed by atoms with van der Waals surface area (Å²) in [6.45, 7) is 1.97. The van der Waals surface area contributed by atoms with Gasteiger partial charge in [0.15, 0.2) is 0 Å². The number of carbonyl (C=O) groups excluding carboxylic acids is 1. The Morgan fingerprint density at radius 2 is 1.77 bits per heavy atom. The van der Waals surface area contributed by atoms with Crippen LogP contribution in [0.15, 0.2) is 79.1 Å². The zero-order valence-corrected chi connectivity index (χ0v) is 16.4. The molecule has 6 heteroatoms. The van der Waals surface area contributed by atoms with Crippen LogP contribution in [0.5, 0.6) is 0 Å². The number of nitrogens with zero attached hydrogens (tertiary/aromatic N) is 2. The number of carbonyl (C=O) groups is 2. The molecule has 30 heavy (non-hydrogen) atoms. The van der Waals surface area contributed by atoms with Crippen molar-refractivity contribution in [2.24, 2.45) is 0 Å². The van der Waals surface area contributed by atoms with Crippen molar-refractivity contribution in [2.75, 3.05) is 5.32 Å². The van der Waals surface area contributed by atoms with Crippen molar-refractivity contribution in [1.82, 2.24) is 9.55 Å². The summed E-state index contributed by atoms with van der Waals surface area (Å²) in [6, 6.07) is 21.9. The van der Waals surface area contributed by atoms with E-state index in [1.807, 2.05) is 60.0 Å². The number of carboxylic acids is 1. The number of nitrogens with one attached hydrogen (secondary N) is 1. The Hall–Kier alpha value is -3.93. The van der Waals surface area contributed by atoms with Crippen molar-refractivity contribution < 1.29 is 14.7 Å². The highest BCUT2D eigenvalue weighted by atomic mass is 16.4. The summed E-state index contributed by atoms with van der Waals surface area (Å²) < 4.78 is 1.87. The minimum Gasteiger partial charge on any atom is -0.481 e. The van der Waals surface area contributed by atoms with Gasteiger partial charge in [-0.3, -0.25) is 9.59 Å². The van der Waals surface area contributed by atoms with Crippen molar-refractivity contribution >= 4 is 28.6 Å². The lowest BCUT2D eigenvalue weighted by Crippen LogP contribution is -2.14. The Labute approximate surface area is 173 Å². The van der Waals surface area contributed by atoms with E-state index in [-0.39, 0.29) is 18.4 Å². The number of aryl methyl sites for hydroxylation is 1. The smallest absolute Gasteiger partial charge is 0.305 e. The normalized spacial score (nSPS) is 11.9. The molecule has 1 atom stereocenters. The van der Waals surface area contributed by atoms with Gasteiger partial charge in [0, 0.05) is 11.3 Å². The van der Waals surface area contributed by atoms with Gasteiger partial charge >= 0.3 is 5.97 Å². The number of rotatable bonds is 6. The first kappa shape index (κ1) is 19.4. The number of anilines is 1. The number of hydrogen-bond donors (Lipinski definition) is 2. The van der Waals surface area contributed by atoms with Gasteiger partial charge in [0.05, 0.1) is 29.8 Å². The molecule has 0 fully saturated rings. The van der Waals surface area contributed by atoms with Crippen molar-refractivity contribution in [3.8, 4) is 0 Å². The summed E-state index contributed by atoms with van der Waals surface area (Å²) in [7, 11) is 0. The number of aliphatic carboxylic acids is 1. The number of imidazole rings is 1. The Morgan fingerprint density at radius 3 is 2.47 bits per heavy atom. The van der Waals surface area contributed by atoms with E-state index < -0.39 is 5.97 Å². The van der Waals surface area contributed by atoms with Crippen molar-refractivity contribution in [2.45, 2.75) is 19.4 Å². The molecule has 0 saturated heterocycles. The lowest BCUT2D eigenvalue weighted by atomic mass is 10.0. The van der Waals surface area contributed by atoms with E-state index in [4.69, 9.17) is 0 Å². The Bertz CT molecular complexity index is 1200. The maximum atomic E-state index is 12.5. The SMILES string of the molecule is Cc1ccc(C(=O)Nc2ccc3c(c2)ncn3C(CC(=O)O)c2ccccc2)cc1. The fourth-order valence-corrected chi connectivity index (χ4v) is 3.48. The summed E-state index contributed by atoms with van der Waals surface area (Å²) >= 11 is 0. The standard InChI is InChI=1S/C24H21N3O3/c1-16-7-9-18(10-8-16)24(30)26-19-11-12-21-20(13-19)25-15-27(21)22(14-23(28)29)17-5-3-2-4-6-17/h2-13,15,22H,14H2,1H3,(H,26,30)(H,28,29). The first-order chi connectivity index (χ1) is 14.5. The zero-order valence-electron chi connectivity index (χ0n) is 16.4. The fourth-order valence-electron chi connectivity index (χ4n) is 3.48. The predicted molar refractivity (Wildman–Crippen MR) is 116 cm³/mol. The fraction of sp³-hybridized carbons (Fsp3) is 0.125.